The molecule has 184 valence electrons. The molecule has 0 saturated carbocycles. The second-order valence-electron chi connectivity index (χ2n) is 8.30. The number of anilines is 1. The number of nitrogens with one attached hydrogen (secondary N) is 1. The number of carbonyl (C=O) groups is 2. The smallest absolute Gasteiger partial charge is 0.254 e. The zero-order valence-corrected chi connectivity index (χ0v) is 20.1. The van der Waals surface area contributed by atoms with Gasteiger partial charge >= 0.3 is 0 Å². The number of carbonyl (C=O) groups excluding carboxylic acids is 2. The summed E-state index contributed by atoms with van der Waals surface area (Å²) in [5.41, 5.74) is 3.81. The molecular weight excluding hydrogens is 459 g/mol. The molecule has 0 aliphatic heterocycles. The molecule has 8 heteroatoms. The maximum Gasteiger partial charge on any atom is 0.254 e. The van der Waals surface area contributed by atoms with Crippen molar-refractivity contribution in [3.05, 3.63) is 102 Å². The lowest BCUT2D eigenvalue weighted by molar-refractivity contribution is -0.117. The maximum atomic E-state index is 13.3. The van der Waals surface area contributed by atoms with Crippen molar-refractivity contribution >= 4 is 17.8 Å². The highest BCUT2D eigenvalue weighted by Gasteiger charge is 2.21. The summed E-state index contributed by atoms with van der Waals surface area (Å²) >= 11 is 0. The standard InChI is InChI=1S/C28H27FN4O3/c1-20-7-6-10-24(17-20)33-18-25(21-8-4-3-5-9-21)30-28(33)31-26(34)19-32(15-16-36-2)27(35)22-11-13-23(29)14-12-22/h3-14,17-18H,15-16,19H2,1-2H3,(H,30,31,34). The fourth-order valence-corrected chi connectivity index (χ4v) is 3.76. The highest BCUT2D eigenvalue weighted by Crippen LogP contribution is 2.24. The van der Waals surface area contributed by atoms with Crippen LogP contribution in [0.25, 0.3) is 16.9 Å². The molecule has 36 heavy (non-hydrogen) atoms. The van der Waals surface area contributed by atoms with E-state index < -0.39 is 17.6 Å². The quantitative estimate of drug-likeness (QED) is 0.372. The molecule has 4 aromatic rings. The molecule has 0 radical (unpaired) electrons. The first-order valence-corrected chi connectivity index (χ1v) is 11.5. The minimum Gasteiger partial charge on any atom is -0.383 e. The van der Waals surface area contributed by atoms with E-state index in [2.05, 4.69) is 10.3 Å². The van der Waals surface area contributed by atoms with Gasteiger partial charge in [-0.25, -0.2) is 9.37 Å². The molecule has 1 aromatic heterocycles. The van der Waals surface area contributed by atoms with Gasteiger partial charge in [0.05, 0.1) is 12.3 Å². The van der Waals surface area contributed by atoms with E-state index >= 15 is 0 Å². The molecule has 0 fully saturated rings. The molecule has 4 rings (SSSR count). The monoisotopic (exact) mass is 486 g/mol. The van der Waals surface area contributed by atoms with Gasteiger partial charge in [0.25, 0.3) is 5.91 Å². The molecule has 0 unspecified atom stereocenters. The average Bonchev–Trinajstić information content (AvgIpc) is 3.30. The third kappa shape index (κ3) is 6.03. The van der Waals surface area contributed by atoms with Crippen LogP contribution in [0.1, 0.15) is 15.9 Å². The van der Waals surface area contributed by atoms with Gasteiger partial charge in [-0.2, -0.15) is 0 Å². The minimum absolute atomic E-state index is 0.196. The maximum absolute atomic E-state index is 13.3. The van der Waals surface area contributed by atoms with Crippen LogP contribution in [0.5, 0.6) is 0 Å². The average molecular weight is 487 g/mol. The molecule has 0 aliphatic carbocycles. The summed E-state index contributed by atoms with van der Waals surface area (Å²) in [6.07, 6.45) is 1.87. The van der Waals surface area contributed by atoms with Crippen LogP contribution in [0.15, 0.2) is 85.1 Å². The minimum atomic E-state index is -0.440. The molecule has 1 N–H and O–H groups in total. The normalized spacial score (nSPS) is 10.8. The van der Waals surface area contributed by atoms with Crippen LogP contribution in [0.4, 0.5) is 10.3 Å². The highest BCUT2D eigenvalue weighted by atomic mass is 19.1. The molecule has 0 spiro atoms. The van der Waals surface area contributed by atoms with Gasteiger partial charge in [0, 0.05) is 36.7 Å². The Morgan fingerprint density at radius 2 is 1.78 bits per heavy atom. The number of halogens is 1. The summed E-state index contributed by atoms with van der Waals surface area (Å²) < 4.78 is 20.2. The molecular formula is C28H27FN4O3. The first-order chi connectivity index (χ1) is 17.4. The van der Waals surface area contributed by atoms with Gasteiger partial charge in [-0.1, -0.05) is 42.5 Å². The fraction of sp³-hybridized carbons (Fsp3) is 0.179. The summed E-state index contributed by atoms with van der Waals surface area (Å²) in [6, 6.07) is 22.7. The first kappa shape index (κ1) is 24.8. The highest BCUT2D eigenvalue weighted by molar-refractivity contribution is 5.99. The summed E-state index contributed by atoms with van der Waals surface area (Å²) in [7, 11) is 1.52. The number of aryl methyl sites for hydroxylation is 1. The summed E-state index contributed by atoms with van der Waals surface area (Å²) in [4.78, 5) is 32.2. The molecule has 2 amide bonds. The number of amides is 2. The number of ether oxygens (including phenoxy) is 1. The van der Waals surface area contributed by atoms with Crippen LogP contribution in [-0.2, 0) is 9.53 Å². The summed E-state index contributed by atoms with van der Waals surface area (Å²) in [5, 5.41) is 2.86. The number of hydrogen-bond donors (Lipinski definition) is 1. The van der Waals surface area contributed by atoms with Crippen LogP contribution in [0.2, 0.25) is 0 Å². The van der Waals surface area contributed by atoms with E-state index in [0.717, 1.165) is 16.8 Å². The number of nitrogens with zero attached hydrogens (tertiary/aromatic N) is 3. The van der Waals surface area contributed by atoms with Crippen molar-refractivity contribution < 1.29 is 18.7 Å². The number of imidazole rings is 1. The van der Waals surface area contributed by atoms with Crippen LogP contribution < -0.4 is 5.32 Å². The Morgan fingerprint density at radius 1 is 1.03 bits per heavy atom. The Kier molecular flexibility index (Phi) is 7.87. The zero-order valence-electron chi connectivity index (χ0n) is 20.1. The molecule has 7 nitrogen and oxygen atoms in total. The van der Waals surface area contributed by atoms with Crippen LogP contribution in [0, 0.1) is 12.7 Å². The van der Waals surface area contributed by atoms with Crippen molar-refractivity contribution in [2.75, 3.05) is 32.1 Å². The SMILES string of the molecule is COCCN(CC(=O)Nc1nc(-c2ccccc2)cn1-c1cccc(C)c1)C(=O)c1ccc(F)cc1. The molecule has 3 aromatic carbocycles. The third-order valence-corrected chi connectivity index (χ3v) is 5.58. The fourth-order valence-electron chi connectivity index (χ4n) is 3.76. The second-order valence-corrected chi connectivity index (χ2v) is 8.30. The lowest BCUT2D eigenvalue weighted by Gasteiger charge is -2.22. The van der Waals surface area contributed by atoms with Crippen LogP contribution >= 0.6 is 0 Å². The number of aromatic nitrogens is 2. The van der Waals surface area contributed by atoms with Crippen LogP contribution in [0.3, 0.4) is 0 Å². The van der Waals surface area contributed by atoms with Gasteiger partial charge < -0.3 is 9.64 Å². The van der Waals surface area contributed by atoms with Gasteiger partial charge in [0.15, 0.2) is 0 Å². The van der Waals surface area contributed by atoms with Gasteiger partial charge in [-0.05, 0) is 48.9 Å². The Hall–Kier alpha value is -4.30. The lowest BCUT2D eigenvalue weighted by atomic mass is 10.2. The Labute approximate surface area is 209 Å². The van der Waals surface area contributed by atoms with Gasteiger partial charge in [0.1, 0.15) is 12.4 Å². The summed E-state index contributed by atoms with van der Waals surface area (Å²) in [5.74, 6) is -0.912. The van der Waals surface area contributed by atoms with Gasteiger partial charge in [-0.15, -0.1) is 0 Å². The molecule has 0 bridgehead atoms. The topological polar surface area (TPSA) is 76.5 Å². The van der Waals surface area contributed by atoms with Crippen molar-refractivity contribution in [2.24, 2.45) is 0 Å². The number of methoxy groups -OCH3 is 1. The predicted molar refractivity (Wildman–Crippen MR) is 137 cm³/mol. The largest absolute Gasteiger partial charge is 0.383 e. The van der Waals surface area contributed by atoms with Crippen molar-refractivity contribution in [2.45, 2.75) is 6.92 Å². The van der Waals surface area contributed by atoms with Crippen molar-refractivity contribution in [1.29, 1.82) is 0 Å². The van der Waals surface area contributed by atoms with Crippen molar-refractivity contribution in [3.63, 3.8) is 0 Å². The van der Waals surface area contributed by atoms with E-state index in [1.54, 1.807) is 0 Å². The van der Waals surface area contributed by atoms with Gasteiger partial charge in [-0.3, -0.25) is 19.5 Å². The summed E-state index contributed by atoms with van der Waals surface area (Å²) in [6.45, 7) is 2.21. The number of rotatable bonds is 9. The Balaban J connectivity index is 1.60. The van der Waals surface area contributed by atoms with E-state index in [1.807, 2.05) is 72.3 Å². The molecule has 1 heterocycles. The second kappa shape index (κ2) is 11.4. The molecule has 0 saturated heterocycles. The van der Waals surface area contributed by atoms with E-state index in [-0.39, 0.29) is 25.3 Å². The molecule has 0 aliphatic rings. The Morgan fingerprint density at radius 3 is 2.47 bits per heavy atom. The van der Waals surface area contributed by atoms with Gasteiger partial charge in [0.2, 0.25) is 11.9 Å². The Bertz CT molecular complexity index is 1340. The molecule has 0 atom stereocenters. The first-order valence-electron chi connectivity index (χ1n) is 11.5. The lowest BCUT2D eigenvalue weighted by Crippen LogP contribution is -2.40. The van der Waals surface area contributed by atoms with E-state index in [9.17, 15) is 14.0 Å². The predicted octanol–water partition coefficient (Wildman–Crippen LogP) is 4.71. The van der Waals surface area contributed by atoms with E-state index in [1.165, 1.54) is 36.3 Å². The zero-order chi connectivity index (χ0) is 25.5. The number of hydrogen-bond acceptors (Lipinski definition) is 4. The third-order valence-electron chi connectivity index (χ3n) is 5.58. The van der Waals surface area contributed by atoms with Crippen LogP contribution in [-0.4, -0.2) is 53.1 Å². The number of benzene rings is 3. The van der Waals surface area contributed by atoms with E-state index in [4.69, 9.17) is 4.74 Å². The van der Waals surface area contributed by atoms with Crippen molar-refractivity contribution in [3.8, 4) is 16.9 Å². The van der Waals surface area contributed by atoms with Crippen molar-refractivity contribution in [1.82, 2.24) is 14.5 Å². The van der Waals surface area contributed by atoms with E-state index in [0.29, 0.717) is 11.6 Å².